The van der Waals surface area contributed by atoms with Crippen LogP contribution in [0.15, 0.2) is 6.33 Å². The van der Waals surface area contributed by atoms with Crippen LogP contribution in [0.25, 0.3) is 0 Å². The molecule has 0 aliphatic heterocycles. The Balaban J connectivity index is 2.86. The number of nitrogen functional groups attached to an aromatic ring is 1. The summed E-state index contributed by atoms with van der Waals surface area (Å²) in [5.41, 5.74) is 6.61. The molecule has 0 aliphatic rings. The number of nitrogens with two attached hydrogens (primary N) is 1. The van der Waals surface area contributed by atoms with E-state index in [4.69, 9.17) is 10.8 Å². The summed E-state index contributed by atoms with van der Waals surface area (Å²) in [5.74, 6) is 1.38. The molecule has 1 aromatic rings. The van der Waals surface area contributed by atoms with Gasteiger partial charge in [-0.15, -0.1) is 0 Å². The van der Waals surface area contributed by atoms with E-state index in [-0.39, 0.29) is 6.61 Å². The highest BCUT2D eigenvalue weighted by molar-refractivity contribution is 5.55. The number of aliphatic hydroxyl groups excluding tert-OH is 1. The number of anilines is 2. The zero-order valence-corrected chi connectivity index (χ0v) is 9.27. The van der Waals surface area contributed by atoms with Gasteiger partial charge in [0, 0.05) is 25.3 Å². The Morgan fingerprint density at radius 2 is 2.20 bits per heavy atom. The van der Waals surface area contributed by atoms with Gasteiger partial charge in [-0.3, -0.25) is 0 Å². The van der Waals surface area contributed by atoms with Crippen LogP contribution in [-0.4, -0.2) is 34.8 Å². The summed E-state index contributed by atoms with van der Waals surface area (Å²) >= 11 is 0. The molecule has 15 heavy (non-hydrogen) atoms. The van der Waals surface area contributed by atoms with E-state index in [1.54, 1.807) is 0 Å². The van der Waals surface area contributed by atoms with Crippen LogP contribution >= 0.6 is 0 Å². The van der Waals surface area contributed by atoms with Gasteiger partial charge >= 0.3 is 0 Å². The second-order valence-electron chi connectivity index (χ2n) is 3.36. The van der Waals surface area contributed by atoms with E-state index in [0.717, 1.165) is 30.9 Å². The van der Waals surface area contributed by atoms with Gasteiger partial charge in [0.2, 0.25) is 0 Å². The first-order chi connectivity index (χ1) is 7.20. The Kier molecular flexibility index (Phi) is 4.30. The molecule has 3 N–H and O–H groups in total. The summed E-state index contributed by atoms with van der Waals surface area (Å²) in [6, 6.07) is 0. The number of hydrogen-bond donors (Lipinski definition) is 2. The predicted octanol–water partition coefficient (Wildman–Crippen LogP) is 0.576. The van der Waals surface area contributed by atoms with Gasteiger partial charge in [0.05, 0.1) is 0 Å². The van der Waals surface area contributed by atoms with Crippen LogP contribution in [0.2, 0.25) is 0 Å². The molecule has 0 saturated heterocycles. The molecule has 0 atom stereocenters. The van der Waals surface area contributed by atoms with Crippen molar-refractivity contribution >= 4 is 11.6 Å². The van der Waals surface area contributed by atoms with E-state index >= 15 is 0 Å². The summed E-state index contributed by atoms with van der Waals surface area (Å²) in [4.78, 5) is 10.2. The van der Waals surface area contributed by atoms with Crippen molar-refractivity contribution in [1.29, 1.82) is 0 Å². The maximum absolute atomic E-state index is 8.80. The van der Waals surface area contributed by atoms with E-state index in [2.05, 4.69) is 21.8 Å². The molecule has 0 fully saturated rings. The smallest absolute Gasteiger partial charge is 0.137 e. The predicted molar refractivity (Wildman–Crippen MR) is 60.8 cm³/mol. The van der Waals surface area contributed by atoms with Crippen LogP contribution in [0.3, 0.4) is 0 Å². The van der Waals surface area contributed by atoms with Crippen molar-refractivity contribution in [3.05, 3.63) is 11.9 Å². The Morgan fingerprint density at radius 3 is 2.80 bits per heavy atom. The molecule has 0 amide bonds. The normalized spacial score (nSPS) is 10.3. The molecular weight excluding hydrogens is 192 g/mol. The number of nitrogens with zero attached hydrogens (tertiary/aromatic N) is 3. The minimum Gasteiger partial charge on any atom is -0.396 e. The quantitative estimate of drug-likeness (QED) is 0.743. The van der Waals surface area contributed by atoms with Crippen molar-refractivity contribution in [3.63, 3.8) is 0 Å². The zero-order valence-electron chi connectivity index (χ0n) is 9.27. The minimum atomic E-state index is 0.191. The highest BCUT2D eigenvalue weighted by Gasteiger charge is 2.10. The summed E-state index contributed by atoms with van der Waals surface area (Å²) in [7, 11) is 0. The van der Waals surface area contributed by atoms with Crippen LogP contribution in [-0.2, 0) is 0 Å². The molecule has 0 bridgehead atoms. The monoisotopic (exact) mass is 210 g/mol. The molecule has 84 valence electrons. The fourth-order valence-electron chi connectivity index (χ4n) is 1.45. The van der Waals surface area contributed by atoms with Crippen molar-refractivity contribution < 1.29 is 5.11 Å². The van der Waals surface area contributed by atoms with Gasteiger partial charge in [-0.05, 0) is 20.3 Å². The summed E-state index contributed by atoms with van der Waals surface area (Å²) < 4.78 is 0. The Bertz CT molecular complexity index is 316. The molecule has 5 heteroatoms. The van der Waals surface area contributed by atoms with Crippen molar-refractivity contribution in [3.8, 4) is 0 Å². The van der Waals surface area contributed by atoms with Gasteiger partial charge in [-0.2, -0.15) is 0 Å². The fourth-order valence-corrected chi connectivity index (χ4v) is 1.45. The highest BCUT2D eigenvalue weighted by atomic mass is 16.3. The van der Waals surface area contributed by atoms with Crippen molar-refractivity contribution in [2.45, 2.75) is 20.3 Å². The zero-order chi connectivity index (χ0) is 11.3. The van der Waals surface area contributed by atoms with Crippen molar-refractivity contribution in [1.82, 2.24) is 9.97 Å². The summed E-state index contributed by atoms with van der Waals surface area (Å²) in [6.45, 7) is 5.78. The highest BCUT2D eigenvalue weighted by Crippen LogP contribution is 2.19. The van der Waals surface area contributed by atoms with Crippen molar-refractivity contribution in [2.24, 2.45) is 0 Å². The minimum absolute atomic E-state index is 0.191. The van der Waals surface area contributed by atoms with E-state index in [1.807, 2.05) is 6.92 Å². The van der Waals surface area contributed by atoms with E-state index in [1.165, 1.54) is 6.33 Å². The first kappa shape index (κ1) is 11.7. The second-order valence-corrected chi connectivity index (χ2v) is 3.36. The second kappa shape index (κ2) is 5.50. The van der Waals surface area contributed by atoms with Gasteiger partial charge < -0.3 is 15.7 Å². The van der Waals surface area contributed by atoms with E-state index in [9.17, 15) is 0 Å². The number of hydrogen-bond acceptors (Lipinski definition) is 5. The average Bonchev–Trinajstić information content (AvgIpc) is 2.25. The van der Waals surface area contributed by atoms with Crippen LogP contribution in [0.1, 0.15) is 18.9 Å². The lowest BCUT2D eigenvalue weighted by molar-refractivity contribution is 0.289. The molecule has 1 heterocycles. The van der Waals surface area contributed by atoms with Crippen LogP contribution in [0.5, 0.6) is 0 Å². The first-order valence-electron chi connectivity index (χ1n) is 5.13. The van der Waals surface area contributed by atoms with E-state index < -0.39 is 0 Å². The molecule has 0 aliphatic carbocycles. The largest absolute Gasteiger partial charge is 0.396 e. The van der Waals surface area contributed by atoms with Gasteiger partial charge in [-0.25, -0.2) is 9.97 Å². The Morgan fingerprint density at radius 1 is 1.47 bits per heavy atom. The third kappa shape index (κ3) is 2.79. The average molecular weight is 210 g/mol. The topological polar surface area (TPSA) is 75.3 Å². The van der Waals surface area contributed by atoms with Crippen LogP contribution < -0.4 is 10.6 Å². The van der Waals surface area contributed by atoms with Gasteiger partial charge in [0.25, 0.3) is 0 Å². The number of aromatic nitrogens is 2. The molecule has 0 saturated carbocycles. The number of aliphatic hydroxyl groups is 1. The summed E-state index contributed by atoms with van der Waals surface area (Å²) in [5, 5.41) is 8.80. The standard InChI is InChI=1S/C10H18N4O/c1-3-14(5-4-6-15)10-8(2)9(11)12-7-13-10/h7,15H,3-6H2,1-2H3,(H2,11,12,13). The molecule has 0 unspecified atom stereocenters. The lowest BCUT2D eigenvalue weighted by Gasteiger charge is -2.23. The van der Waals surface area contributed by atoms with Gasteiger partial charge in [-0.1, -0.05) is 0 Å². The summed E-state index contributed by atoms with van der Waals surface area (Å²) in [6.07, 6.45) is 2.20. The SMILES string of the molecule is CCN(CCCO)c1ncnc(N)c1C. The molecule has 0 spiro atoms. The molecule has 0 radical (unpaired) electrons. The fraction of sp³-hybridized carbons (Fsp3) is 0.600. The molecule has 0 aromatic carbocycles. The lowest BCUT2D eigenvalue weighted by Crippen LogP contribution is -2.26. The maximum Gasteiger partial charge on any atom is 0.137 e. The first-order valence-corrected chi connectivity index (χ1v) is 5.13. The molecular formula is C10H18N4O. The van der Waals surface area contributed by atoms with Crippen LogP contribution in [0, 0.1) is 6.92 Å². The van der Waals surface area contributed by atoms with Crippen molar-refractivity contribution in [2.75, 3.05) is 30.3 Å². The van der Waals surface area contributed by atoms with Gasteiger partial charge in [0.15, 0.2) is 0 Å². The maximum atomic E-state index is 8.80. The third-order valence-electron chi connectivity index (χ3n) is 2.36. The van der Waals surface area contributed by atoms with Gasteiger partial charge in [0.1, 0.15) is 18.0 Å². The third-order valence-corrected chi connectivity index (χ3v) is 2.36. The van der Waals surface area contributed by atoms with E-state index in [0.29, 0.717) is 5.82 Å². The molecule has 1 rings (SSSR count). The number of rotatable bonds is 5. The Labute approximate surface area is 90.0 Å². The van der Waals surface area contributed by atoms with Crippen LogP contribution in [0.4, 0.5) is 11.6 Å². The lowest BCUT2D eigenvalue weighted by atomic mass is 10.2. The molecule has 1 aromatic heterocycles. The molecule has 5 nitrogen and oxygen atoms in total. The Hall–Kier alpha value is -1.36.